The van der Waals surface area contributed by atoms with Crippen molar-refractivity contribution in [2.45, 2.75) is 93.4 Å². The van der Waals surface area contributed by atoms with Gasteiger partial charge in [-0.25, -0.2) is 4.85 Å². The van der Waals surface area contributed by atoms with Crippen molar-refractivity contribution in [1.82, 2.24) is 0 Å². The maximum absolute atomic E-state index is 14.1. The minimum absolute atomic E-state index is 0. The third-order valence-electron chi connectivity index (χ3n) is 11.4. The first kappa shape index (κ1) is 26.5. The largest absolute Gasteiger partial charge is 0.310 e. The number of Topliss-reactive ketones (excluding diaryl/α,β-unsaturated/α-hetero) is 1. The number of rotatable bonds is 0. The molecule has 2 unspecified atom stereocenters. The van der Waals surface area contributed by atoms with E-state index in [0.29, 0.717) is 17.1 Å². The van der Waals surface area contributed by atoms with Gasteiger partial charge in [0.25, 0.3) is 0 Å². The van der Waals surface area contributed by atoms with Crippen LogP contribution in [0.15, 0.2) is 23.4 Å². The molecule has 0 spiro atoms. The van der Waals surface area contributed by atoms with Crippen LogP contribution in [0.2, 0.25) is 0 Å². The van der Waals surface area contributed by atoms with Gasteiger partial charge in [-0.1, -0.05) is 79.4 Å². The third kappa shape index (κ3) is 3.26. The summed E-state index contributed by atoms with van der Waals surface area (Å²) in [7, 11) is 0. The fourth-order valence-corrected chi connectivity index (χ4v) is 9.34. The second kappa shape index (κ2) is 7.95. The molecule has 1 radical (unpaired) electrons. The average molecular weight is 536 g/mol. The van der Waals surface area contributed by atoms with Crippen LogP contribution in [0.25, 0.3) is 4.85 Å². The van der Waals surface area contributed by atoms with Gasteiger partial charge in [-0.3, -0.25) is 4.79 Å². The molecule has 5 aliphatic rings. The minimum atomic E-state index is -0.590. The van der Waals surface area contributed by atoms with Crippen LogP contribution >= 0.6 is 0 Å². The van der Waals surface area contributed by atoms with E-state index in [1.807, 2.05) is 26.0 Å². The predicted molar refractivity (Wildman–Crippen MR) is 131 cm³/mol. The Morgan fingerprint density at radius 1 is 1.00 bits per heavy atom. The molecule has 3 fully saturated rings. The van der Waals surface area contributed by atoms with Crippen LogP contribution in [-0.2, 0) is 42.3 Å². The molecule has 0 aliphatic heterocycles. The van der Waals surface area contributed by atoms with E-state index in [9.17, 15) is 9.59 Å². The molecule has 0 aromatic heterocycles. The molecule has 0 amide bonds. The molecule has 181 valence electrons. The quantitative estimate of drug-likeness (QED) is 0.309. The molecule has 3 nitrogen and oxygen atoms in total. The second-order valence-corrected chi connectivity index (χ2v) is 13.9. The Labute approximate surface area is 231 Å². The summed E-state index contributed by atoms with van der Waals surface area (Å²) in [4.78, 5) is 30.8. The van der Waals surface area contributed by atoms with Crippen LogP contribution in [0, 0.1) is 57.3 Å². The number of carbonyl (C=O) groups excluding carboxylic acids is 2. The van der Waals surface area contributed by atoms with Gasteiger partial charge < -0.3 is 10.7 Å². The maximum atomic E-state index is 14.1. The van der Waals surface area contributed by atoms with Crippen molar-refractivity contribution in [3.05, 3.63) is 40.8 Å². The predicted octanol–water partition coefficient (Wildman–Crippen LogP) is 7.14. The van der Waals surface area contributed by atoms with Crippen molar-refractivity contribution < 1.29 is 42.3 Å². The number of carbonyl (C=O) groups is 2. The molecule has 0 aromatic carbocycles. The summed E-state index contributed by atoms with van der Waals surface area (Å²) in [6.07, 6.45) is 11.7. The van der Waals surface area contributed by atoms with E-state index in [0.717, 1.165) is 32.1 Å². The Hall–Kier alpha value is -0.586. The van der Waals surface area contributed by atoms with Gasteiger partial charge >= 0.3 is 0 Å². The first-order valence-corrected chi connectivity index (χ1v) is 13.0. The SMILES string of the molecule is [C-]#[N+]C1=C[C@]2(C)C3=CC(=O)C4C5CC(C)(C)CC[C-]5CC[C@@]4(C)[C@]3(C)CC[C@H]2C(C)(C)C1=O.[Y]. The summed E-state index contributed by atoms with van der Waals surface area (Å²) in [6.45, 7) is 23.5. The molecule has 34 heavy (non-hydrogen) atoms. The van der Waals surface area contributed by atoms with Crippen LogP contribution in [0.3, 0.4) is 0 Å². The van der Waals surface area contributed by atoms with E-state index in [1.165, 1.54) is 18.4 Å². The minimum Gasteiger partial charge on any atom is -0.310 e. The Kier molecular flexibility index (Phi) is 6.19. The average Bonchev–Trinajstić information content (AvgIpc) is 2.72. The smallest absolute Gasteiger partial charge is 0.226 e. The molecule has 0 N–H and O–H groups in total. The van der Waals surface area contributed by atoms with Crippen molar-refractivity contribution >= 4 is 11.6 Å². The topological polar surface area (TPSA) is 38.5 Å². The van der Waals surface area contributed by atoms with Crippen molar-refractivity contribution in [2.24, 2.45) is 44.8 Å². The van der Waals surface area contributed by atoms with E-state index in [4.69, 9.17) is 6.57 Å². The zero-order valence-electron chi connectivity index (χ0n) is 22.2. The number of hydrogen-bond acceptors (Lipinski definition) is 2. The first-order valence-electron chi connectivity index (χ1n) is 13.0. The number of hydrogen-bond donors (Lipinski definition) is 0. The van der Waals surface area contributed by atoms with Crippen molar-refractivity contribution in [3.63, 3.8) is 0 Å². The van der Waals surface area contributed by atoms with E-state index < -0.39 is 10.8 Å². The van der Waals surface area contributed by atoms with Gasteiger partial charge in [-0.2, -0.15) is 18.8 Å². The third-order valence-corrected chi connectivity index (χ3v) is 11.4. The molecular weight excluding hydrogens is 495 g/mol. The second-order valence-electron chi connectivity index (χ2n) is 13.9. The van der Waals surface area contributed by atoms with Crippen molar-refractivity contribution in [3.8, 4) is 0 Å². The number of nitrogens with zero attached hydrogens (tertiary/aromatic N) is 1. The summed E-state index contributed by atoms with van der Waals surface area (Å²) in [5.41, 5.74) is 0.567. The van der Waals surface area contributed by atoms with Gasteiger partial charge in [0.2, 0.25) is 5.70 Å². The summed E-state index contributed by atoms with van der Waals surface area (Å²) in [5.74, 6) is 2.51. The molecule has 0 heterocycles. The Bertz CT molecular complexity index is 1040. The maximum Gasteiger partial charge on any atom is 0.226 e. The zero-order chi connectivity index (χ0) is 24.2. The Morgan fingerprint density at radius 3 is 2.29 bits per heavy atom. The number of ketones is 2. The normalized spacial score (nSPS) is 44.7. The number of allylic oxidation sites excluding steroid dienone is 4. The standard InChI is InChI=1S/C30H40NO2.Y/c1-26(2)12-9-18-10-13-30(7)24(19(18)16-26)21(32)15-23-28(5)17-20(31-8)25(33)27(3,4)22(28)11-14-29(23,30)6;/h15,17,19,22,24H,9-14,16H2,1-7H3;/q-1;/t19?,22-,24?,28-,29+,30+;/m0./s1. The van der Waals surface area contributed by atoms with Crippen molar-refractivity contribution in [1.29, 1.82) is 0 Å². The summed E-state index contributed by atoms with van der Waals surface area (Å²) in [5, 5.41) is 0. The first-order chi connectivity index (χ1) is 15.2. The van der Waals surface area contributed by atoms with Gasteiger partial charge in [0.1, 0.15) is 0 Å². The molecule has 0 aromatic rings. The monoisotopic (exact) mass is 535 g/mol. The van der Waals surface area contributed by atoms with E-state index in [2.05, 4.69) is 39.5 Å². The molecule has 0 saturated heterocycles. The Morgan fingerprint density at radius 2 is 1.65 bits per heavy atom. The molecule has 0 bridgehead atoms. The molecule has 6 atom stereocenters. The van der Waals surface area contributed by atoms with E-state index >= 15 is 0 Å². The van der Waals surface area contributed by atoms with Crippen LogP contribution in [0.4, 0.5) is 0 Å². The zero-order valence-corrected chi connectivity index (χ0v) is 25.0. The van der Waals surface area contributed by atoms with Gasteiger partial charge in [-0.15, -0.1) is 0 Å². The van der Waals surface area contributed by atoms with Crippen LogP contribution < -0.4 is 0 Å². The van der Waals surface area contributed by atoms with Crippen molar-refractivity contribution in [2.75, 3.05) is 0 Å². The summed E-state index contributed by atoms with van der Waals surface area (Å²) >= 11 is 0. The van der Waals surface area contributed by atoms with Crippen LogP contribution in [-0.4, -0.2) is 11.6 Å². The Balaban J connectivity index is 0.00000274. The van der Waals surface area contributed by atoms with Gasteiger partial charge in [0.05, 0.1) is 6.57 Å². The van der Waals surface area contributed by atoms with Gasteiger partial charge in [0, 0.05) is 49.5 Å². The summed E-state index contributed by atoms with van der Waals surface area (Å²) < 4.78 is 0. The van der Waals surface area contributed by atoms with Crippen LogP contribution in [0.5, 0.6) is 0 Å². The molecule has 3 saturated carbocycles. The molecular formula is C30H40NO2Y-. The van der Waals surface area contributed by atoms with Crippen LogP contribution in [0.1, 0.15) is 93.4 Å². The summed E-state index contributed by atoms with van der Waals surface area (Å²) in [6, 6.07) is 0. The molecule has 5 aliphatic carbocycles. The van der Waals surface area contributed by atoms with E-state index in [1.54, 1.807) is 5.92 Å². The number of fused-ring (bicyclic) bond motifs is 7. The van der Waals surface area contributed by atoms with Gasteiger partial charge in [-0.05, 0) is 41.1 Å². The molecule has 5 rings (SSSR count). The van der Waals surface area contributed by atoms with Gasteiger partial charge in [0.15, 0.2) is 11.6 Å². The fourth-order valence-electron chi connectivity index (χ4n) is 9.34. The molecule has 4 heteroatoms. The fraction of sp³-hybridized carbons (Fsp3) is 0.733. The van der Waals surface area contributed by atoms with E-state index in [-0.39, 0.29) is 66.9 Å².